The number of halogens is 1. The summed E-state index contributed by atoms with van der Waals surface area (Å²) in [7, 11) is 0. The Hall–Kier alpha value is -1.30. The van der Waals surface area contributed by atoms with Crippen molar-refractivity contribution >= 4 is 23.0 Å². The fraction of sp³-hybridized carbons (Fsp3) is 0.375. The molecule has 0 aliphatic heterocycles. The smallest absolute Gasteiger partial charge is 0.140 e. The predicted molar refractivity (Wildman–Crippen MR) is 57.1 cm³/mol. The van der Waals surface area contributed by atoms with Crippen LogP contribution in [0.3, 0.4) is 0 Å². The summed E-state index contributed by atoms with van der Waals surface area (Å²) >= 11 is 4.81. The molecule has 0 aliphatic rings. The highest BCUT2D eigenvalue weighted by atomic mass is 32.1. The maximum absolute atomic E-state index is 11.9. The number of nitrogens with two attached hydrogens (primary N) is 1. The Balaban J connectivity index is 2.97. The number of aryl methyl sites for hydroxylation is 1. The van der Waals surface area contributed by atoms with E-state index in [0.29, 0.717) is 17.2 Å². The van der Waals surface area contributed by atoms with Crippen molar-refractivity contribution in [3.05, 3.63) is 17.6 Å². The average Bonchev–Trinajstić information content (AvgIpc) is 2.14. The van der Waals surface area contributed by atoms with E-state index >= 15 is 0 Å². The quantitative estimate of drug-likeness (QED) is 0.726. The van der Waals surface area contributed by atoms with Crippen LogP contribution in [-0.4, -0.2) is 28.2 Å². The number of aromatic nitrogens is 2. The van der Waals surface area contributed by atoms with Gasteiger partial charge in [-0.05, 0) is 6.92 Å². The molecule has 0 aliphatic carbocycles. The van der Waals surface area contributed by atoms with E-state index < -0.39 is 6.67 Å². The molecular weight excluding hydrogens is 203 g/mol. The van der Waals surface area contributed by atoms with Gasteiger partial charge in [0.05, 0.1) is 5.56 Å². The van der Waals surface area contributed by atoms with Gasteiger partial charge in [-0.15, -0.1) is 0 Å². The van der Waals surface area contributed by atoms with Gasteiger partial charge in [-0.1, -0.05) is 12.2 Å². The first-order chi connectivity index (χ1) is 6.65. The topological polar surface area (TPSA) is 63.8 Å². The Morgan fingerprint density at radius 3 is 3.00 bits per heavy atom. The lowest BCUT2D eigenvalue weighted by molar-refractivity contribution is 0.512. The molecule has 1 aromatic heterocycles. The molecule has 0 fully saturated rings. The van der Waals surface area contributed by atoms with Gasteiger partial charge in [0, 0.05) is 12.7 Å². The molecule has 3 N–H and O–H groups in total. The molecule has 14 heavy (non-hydrogen) atoms. The van der Waals surface area contributed by atoms with Crippen molar-refractivity contribution in [3.8, 4) is 0 Å². The first-order valence-corrected chi connectivity index (χ1v) is 4.49. The first kappa shape index (κ1) is 10.8. The largest absolute Gasteiger partial charge is 0.389 e. The second-order valence-electron chi connectivity index (χ2n) is 2.66. The summed E-state index contributed by atoms with van der Waals surface area (Å²) < 4.78 is 11.9. The summed E-state index contributed by atoms with van der Waals surface area (Å²) in [5.41, 5.74) is 5.99. The van der Waals surface area contributed by atoms with Crippen LogP contribution in [0.4, 0.5) is 10.2 Å². The lowest BCUT2D eigenvalue weighted by atomic mass is 10.3. The van der Waals surface area contributed by atoms with Crippen molar-refractivity contribution in [1.82, 2.24) is 9.97 Å². The summed E-state index contributed by atoms with van der Waals surface area (Å²) in [5.74, 6) is 1.08. The van der Waals surface area contributed by atoms with Gasteiger partial charge < -0.3 is 11.1 Å². The fourth-order valence-electron chi connectivity index (χ4n) is 0.951. The molecule has 0 amide bonds. The Bertz CT molecular complexity index is 342. The van der Waals surface area contributed by atoms with E-state index in [1.54, 1.807) is 6.92 Å². The molecule has 1 aromatic rings. The lowest BCUT2D eigenvalue weighted by Gasteiger charge is -2.08. The molecule has 0 saturated heterocycles. The van der Waals surface area contributed by atoms with Crippen molar-refractivity contribution in [1.29, 1.82) is 0 Å². The van der Waals surface area contributed by atoms with Crippen LogP contribution >= 0.6 is 12.2 Å². The van der Waals surface area contributed by atoms with Crippen LogP contribution in [0.2, 0.25) is 0 Å². The van der Waals surface area contributed by atoms with Crippen molar-refractivity contribution in [2.24, 2.45) is 5.73 Å². The van der Waals surface area contributed by atoms with Gasteiger partial charge in [0.15, 0.2) is 0 Å². The summed E-state index contributed by atoms with van der Waals surface area (Å²) in [6.07, 6.45) is 1.53. The van der Waals surface area contributed by atoms with Gasteiger partial charge in [0.1, 0.15) is 23.3 Å². The number of hydrogen-bond acceptors (Lipinski definition) is 4. The zero-order valence-electron chi connectivity index (χ0n) is 7.75. The van der Waals surface area contributed by atoms with E-state index in [4.69, 9.17) is 18.0 Å². The van der Waals surface area contributed by atoms with E-state index in [2.05, 4.69) is 15.3 Å². The zero-order valence-corrected chi connectivity index (χ0v) is 8.57. The summed E-state index contributed by atoms with van der Waals surface area (Å²) in [4.78, 5) is 8.23. The monoisotopic (exact) mass is 214 g/mol. The number of nitrogens with one attached hydrogen (secondary N) is 1. The molecule has 0 unspecified atom stereocenters. The van der Waals surface area contributed by atoms with Gasteiger partial charge in [0.25, 0.3) is 0 Å². The third-order valence-electron chi connectivity index (χ3n) is 1.56. The third-order valence-corrected chi connectivity index (χ3v) is 1.78. The summed E-state index contributed by atoms with van der Waals surface area (Å²) in [5, 5.41) is 2.79. The van der Waals surface area contributed by atoms with Crippen molar-refractivity contribution in [3.63, 3.8) is 0 Å². The fourth-order valence-corrected chi connectivity index (χ4v) is 1.10. The van der Waals surface area contributed by atoms with Gasteiger partial charge in [0.2, 0.25) is 0 Å². The number of rotatable bonds is 4. The summed E-state index contributed by atoms with van der Waals surface area (Å²) in [6.45, 7) is 1.45. The highest BCUT2D eigenvalue weighted by Crippen LogP contribution is 2.10. The van der Waals surface area contributed by atoms with Crippen LogP contribution in [0.25, 0.3) is 0 Å². The lowest BCUT2D eigenvalue weighted by Crippen LogP contribution is -2.16. The molecule has 1 rings (SSSR count). The number of thiocarbonyl (C=S) groups is 1. The Kier molecular flexibility index (Phi) is 3.70. The summed E-state index contributed by atoms with van der Waals surface area (Å²) in [6, 6.07) is 0. The van der Waals surface area contributed by atoms with Crippen LogP contribution in [0.1, 0.15) is 11.4 Å². The molecule has 0 saturated carbocycles. The SMILES string of the molecule is Cc1ncc(C(N)=S)c(NCCF)n1. The minimum absolute atomic E-state index is 0.187. The van der Waals surface area contributed by atoms with E-state index in [9.17, 15) is 4.39 Å². The Morgan fingerprint density at radius 2 is 2.43 bits per heavy atom. The van der Waals surface area contributed by atoms with Crippen molar-refractivity contribution < 1.29 is 4.39 Å². The highest BCUT2D eigenvalue weighted by Gasteiger charge is 2.07. The molecular formula is C8H11FN4S. The standard InChI is InChI=1S/C8H11FN4S/c1-5-12-4-6(7(10)14)8(13-5)11-3-2-9/h4H,2-3H2,1H3,(H2,10,14)(H,11,12,13). The Labute approximate surface area is 86.7 Å². The minimum Gasteiger partial charge on any atom is -0.389 e. The molecule has 0 radical (unpaired) electrons. The molecule has 0 aromatic carbocycles. The molecule has 4 nitrogen and oxygen atoms in total. The van der Waals surface area contributed by atoms with Crippen LogP contribution in [0.15, 0.2) is 6.20 Å². The molecule has 0 atom stereocenters. The predicted octanol–water partition coefficient (Wildman–Crippen LogP) is 0.801. The first-order valence-electron chi connectivity index (χ1n) is 4.08. The van der Waals surface area contributed by atoms with Crippen LogP contribution in [0.5, 0.6) is 0 Å². The molecule has 76 valence electrons. The second kappa shape index (κ2) is 4.80. The van der Waals surface area contributed by atoms with Crippen LogP contribution in [0, 0.1) is 6.92 Å². The van der Waals surface area contributed by atoms with Crippen LogP contribution < -0.4 is 11.1 Å². The van der Waals surface area contributed by atoms with Gasteiger partial charge in [-0.3, -0.25) is 0 Å². The average molecular weight is 214 g/mol. The maximum atomic E-state index is 11.9. The highest BCUT2D eigenvalue weighted by molar-refractivity contribution is 7.80. The van der Waals surface area contributed by atoms with Gasteiger partial charge in [-0.2, -0.15) is 0 Å². The van der Waals surface area contributed by atoms with E-state index in [-0.39, 0.29) is 11.5 Å². The molecule has 0 spiro atoms. The maximum Gasteiger partial charge on any atom is 0.140 e. The van der Waals surface area contributed by atoms with Crippen molar-refractivity contribution in [2.45, 2.75) is 6.92 Å². The van der Waals surface area contributed by atoms with Crippen LogP contribution in [-0.2, 0) is 0 Å². The third kappa shape index (κ3) is 2.59. The molecule has 1 heterocycles. The Morgan fingerprint density at radius 1 is 1.71 bits per heavy atom. The van der Waals surface area contributed by atoms with Crippen molar-refractivity contribution in [2.75, 3.05) is 18.5 Å². The van der Waals surface area contributed by atoms with E-state index in [1.807, 2.05) is 0 Å². The van der Waals surface area contributed by atoms with Gasteiger partial charge >= 0.3 is 0 Å². The second-order valence-corrected chi connectivity index (χ2v) is 3.10. The minimum atomic E-state index is -0.472. The normalized spacial score (nSPS) is 9.86. The number of anilines is 1. The number of nitrogens with zero attached hydrogens (tertiary/aromatic N) is 2. The van der Waals surface area contributed by atoms with Gasteiger partial charge in [-0.25, -0.2) is 14.4 Å². The van der Waals surface area contributed by atoms with E-state index in [1.165, 1.54) is 6.20 Å². The number of hydrogen-bond donors (Lipinski definition) is 2. The number of alkyl halides is 1. The molecule has 6 heteroatoms. The zero-order chi connectivity index (χ0) is 10.6. The van der Waals surface area contributed by atoms with E-state index in [0.717, 1.165) is 0 Å². The molecule has 0 bridgehead atoms.